The number of carbonyl (C=O) groups is 1. The second-order valence-corrected chi connectivity index (χ2v) is 9.23. The van der Waals surface area contributed by atoms with Gasteiger partial charge in [0.2, 0.25) is 5.91 Å². The van der Waals surface area contributed by atoms with Crippen molar-refractivity contribution in [2.75, 3.05) is 5.32 Å². The predicted octanol–water partition coefficient (Wildman–Crippen LogP) is 3.11. The van der Waals surface area contributed by atoms with Crippen molar-refractivity contribution >= 4 is 22.4 Å². The summed E-state index contributed by atoms with van der Waals surface area (Å²) in [5, 5.41) is 3.48. The van der Waals surface area contributed by atoms with Gasteiger partial charge in [0.1, 0.15) is 6.54 Å². The maximum absolute atomic E-state index is 12.4. The lowest BCUT2D eigenvalue weighted by Crippen LogP contribution is -2.31. The lowest BCUT2D eigenvalue weighted by molar-refractivity contribution is -0.116. The lowest BCUT2D eigenvalue weighted by Gasteiger charge is -2.33. The Hall–Kier alpha value is -2.02. The first kappa shape index (κ1) is 18.8. The largest absolute Gasteiger partial charge is 0.348 e. The van der Waals surface area contributed by atoms with E-state index < -0.39 is 5.69 Å². The fourth-order valence-electron chi connectivity index (χ4n) is 3.44. The van der Waals surface area contributed by atoms with Gasteiger partial charge in [-0.25, -0.2) is 9.78 Å². The number of aryl methyl sites for hydroxylation is 3. The Bertz CT molecular complexity index is 892. The van der Waals surface area contributed by atoms with Crippen LogP contribution in [0.4, 0.5) is 5.13 Å². The van der Waals surface area contributed by atoms with Gasteiger partial charge in [0.25, 0.3) is 0 Å². The van der Waals surface area contributed by atoms with E-state index in [9.17, 15) is 9.59 Å². The second kappa shape index (κ2) is 6.95. The molecule has 0 aliphatic heterocycles. The molecule has 2 aromatic rings. The zero-order valence-corrected chi connectivity index (χ0v) is 16.9. The van der Waals surface area contributed by atoms with Crippen LogP contribution in [0, 0.1) is 25.2 Å². The molecule has 2 aromatic heterocycles. The summed E-state index contributed by atoms with van der Waals surface area (Å²) < 4.78 is 1.38. The number of aromatic nitrogens is 3. The molecule has 140 valence electrons. The molecule has 7 heteroatoms. The van der Waals surface area contributed by atoms with Gasteiger partial charge in [-0.3, -0.25) is 9.36 Å². The molecule has 1 N–H and O–H groups in total. The molecule has 6 nitrogen and oxygen atoms in total. The van der Waals surface area contributed by atoms with Crippen LogP contribution in [0.1, 0.15) is 49.2 Å². The molecule has 1 aliphatic carbocycles. The number of amides is 1. The third-order valence-corrected chi connectivity index (χ3v) is 6.09. The molecular formula is C19H26N4O2S. The van der Waals surface area contributed by atoms with Crippen LogP contribution in [0.3, 0.4) is 0 Å². The van der Waals surface area contributed by atoms with Gasteiger partial charge >= 0.3 is 5.69 Å². The number of rotatable bonds is 3. The smallest absolute Gasteiger partial charge is 0.300 e. The van der Waals surface area contributed by atoms with Crippen LogP contribution in [-0.2, 0) is 24.2 Å². The molecule has 0 aromatic carbocycles. The van der Waals surface area contributed by atoms with Crippen LogP contribution >= 0.6 is 11.3 Å². The van der Waals surface area contributed by atoms with Crippen LogP contribution in [0.25, 0.3) is 0 Å². The van der Waals surface area contributed by atoms with E-state index >= 15 is 0 Å². The van der Waals surface area contributed by atoms with Crippen molar-refractivity contribution in [3.63, 3.8) is 0 Å². The third-order valence-electron chi connectivity index (χ3n) is 5.06. The number of nitrogens with one attached hydrogen (secondary N) is 1. The molecule has 2 heterocycles. The summed E-state index contributed by atoms with van der Waals surface area (Å²) in [5.41, 5.74) is 2.37. The summed E-state index contributed by atoms with van der Waals surface area (Å²) in [6.45, 7) is 10.4. The van der Waals surface area contributed by atoms with Crippen molar-refractivity contribution in [1.29, 1.82) is 0 Å². The molecule has 1 aliphatic rings. The van der Waals surface area contributed by atoms with Gasteiger partial charge in [-0.15, -0.1) is 11.3 Å². The van der Waals surface area contributed by atoms with Crippen molar-refractivity contribution in [2.24, 2.45) is 11.3 Å². The maximum Gasteiger partial charge on any atom is 0.348 e. The fraction of sp³-hybridized carbons (Fsp3) is 0.579. The van der Waals surface area contributed by atoms with Crippen LogP contribution < -0.4 is 11.0 Å². The van der Waals surface area contributed by atoms with Gasteiger partial charge in [-0.05, 0) is 50.5 Å². The van der Waals surface area contributed by atoms with E-state index in [2.05, 4.69) is 36.1 Å². The van der Waals surface area contributed by atoms with Crippen molar-refractivity contribution in [3.05, 3.63) is 38.5 Å². The summed E-state index contributed by atoms with van der Waals surface area (Å²) >= 11 is 1.56. The highest BCUT2D eigenvalue weighted by Gasteiger charge is 2.30. The van der Waals surface area contributed by atoms with E-state index in [0.29, 0.717) is 16.7 Å². The Balaban J connectivity index is 1.70. The quantitative estimate of drug-likeness (QED) is 0.895. The van der Waals surface area contributed by atoms with Crippen LogP contribution in [0.5, 0.6) is 0 Å². The van der Waals surface area contributed by atoms with Crippen molar-refractivity contribution in [1.82, 2.24) is 14.5 Å². The Kier molecular flexibility index (Phi) is 5.01. The van der Waals surface area contributed by atoms with Crippen molar-refractivity contribution in [3.8, 4) is 0 Å². The highest BCUT2D eigenvalue weighted by atomic mass is 32.1. The minimum absolute atomic E-state index is 0.0488. The van der Waals surface area contributed by atoms with Crippen LogP contribution in [-0.4, -0.2) is 20.4 Å². The summed E-state index contributed by atoms with van der Waals surface area (Å²) in [4.78, 5) is 34.1. The van der Waals surface area contributed by atoms with Crippen LogP contribution in [0.15, 0.2) is 10.9 Å². The van der Waals surface area contributed by atoms with Gasteiger partial charge in [-0.2, -0.15) is 4.98 Å². The Morgan fingerprint density at radius 3 is 2.73 bits per heavy atom. The standard InChI is InChI=1S/C19H26N4O2S/c1-11-8-12(2)23(18(25)20-11)10-16(24)22-17-21-14-7-6-13(19(3,4)5)9-15(14)26-17/h8,13H,6-7,9-10H2,1-5H3,(H,21,22,24)/t13-/m1/s1. The van der Waals surface area contributed by atoms with Crippen molar-refractivity contribution < 1.29 is 4.79 Å². The number of hydrogen-bond acceptors (Lipinski definition) is 5. The lowest BCUT2D eigenvalue weighted by atomic mass is 9.73. The normalized spacial score (nSPS) is 17.0. The number of thiazole rings is 1. The second-order valence-electron chi connectivity index (χ2n) is 8.15. The number of anilines is 1. The first-order chi connectivity index (χ1) is 12.1. The zero-order valence-electron chi connectivity index (χ0n) is 16.0. The highest BCUT2D eigenvalue weighted by molar-refractivity contribution is 7.15. The molecule has 0 spiro atoms. The molecule has 0 saturated heterocycles. The minimum Gasteiger partial charge on any atom is -0.300 e. The first-order valence-electron chi connectivity index (χ1n) is 8.97. The average Bonchev–Trinajstić information content (AvgIpc) is 2.91. The molecular weight excluding hydrogens is 348 g/mol. The van der Waals surface area contributed by atoms with Crippen molar-refractivity contribution in [2.45, 2.75) is 60.4 Å². The molecule has 0 saturated carbocycles. The summed E-state index contributed by atoms with van der Waals surface area (Å²) in [6, 6.07) is 1.80. The summed E-state index contributed by atoms with van der Waals surface area (Å²) in [5.74, 6) is 0.387. The topological polar surface area (TPSA) is 76.9 Å². The average molecular weight is 375 g/mol. The van der Waals surface area contributed by atoms with Gasteiger partial charge in [0.15, 0.2) is 5.13 Å². The Morgan fingerprint density at radius 1 is 1.35 bits per heavy atom. The minimum atomic E-state index is -0.399. The number of fused-ring (bicyclic) bond motifs is 1. The SMILES string of the molecule is Cc1cc(C)n(CC(=O)Nc2nc3c(s2)C[C@H](C(C)(C)C)CC3)c(=O)n1. The summed E-state index contributed by atoms with van der Waals surface area (Å²) in [6.07, 6.45) is 3.12. The monoisotopic (exact) mass is 374 g/mol. The third kappa shape index (κ3) is 4.03. The van der Waals surface area contributed by atoms with Crippen LogP contribution in [0.2, 0.25) is 0 Å². The van der Waals surface area contributed by atoms with Gasteiger partial charge in [0, 0.05) is 16.3 Å². The Labute approximate surface area is 157 Å². The van der Waals surface area contributed by atoms with E-state index in [4.69, 9.17) is 0 Å². The molecule has 1 amide bonds. The van der Waals surface area contributed by atoms with E-state index in [1.165, 1.54) is 9.44 Å². The molecule has 0 bridgehead atoms. The van der Waals surface area contributed by atoms with Gasteiger partial charge < -0.3 is 5.32 Å². The molecule has 0 radical (unpaired) electrons. The highest BCUT2D eigenvalue weighted by Crippen LogP contribution is 2.40. The first-order valence-corrected chi connectivity index (χ1v) is 9.78. The molecule has 1 atom stereocenters. The van der Waals surface area contributed by atoms with Gasteiger partial charge in [0.05, 0.1) is 5.69 Å². The predicted molar refractivity (Wildman–Crippen MR) is 104 cm³/mol. The van der Waals surface area contributed by atoms with E-state index in [0.717, 1.165) is 30.7 Å². The summed E-state index contributed by atoms with van der Waals surface area (Å²) in [7, 11) is 0. The van der Waals surface area contributed by atoms with Gasteiger partial charge in [-0.1, -0.05) is 20.8 Å². The number of carbonyl (C=O) groups excluding carboxylic acids is 1. The zero-order chi connectivity index (χ0) is 19.1. The van der Waals surface area contributed by atoms with E-state index in [-0.39, 0.29) is 17.9 Å². The molecule has 26 heavy (non-hydrogen) atoms. The molecule has 0 fully saturated rings. The number of hydrogen-bond donors (Lipinski definition) is 1. The maximum atomic E-state index is 12.4. The number of nitrogens with zero attached hydrogens (tertiary/aromatic N) is 3. The van der Waals surface area contributed by atoms with E-state index in [1.54, 1.807) is 31.3 Å². The fourth-order valence-corrected chi connectivity index (χ4v) is 4.54. The Morgan fingerprint density at radius 2 is 2.08 bits per heavy atom. The van der Waals surface area contributed by atoms with E-state index in [1.807, 2.05) is 0 Å². The molecule has 0 unspecified atom stereocenters. The molecule has 3 rings (SSSR count).